The maximum absolute atomic E-state index is 12.4. The van der Waals surface area contributed by atoms with Gasteiger partial charge in [-0.25, -0.2) is 0 Å². The van der Waals surface area contributed by atoms with E-state index in [0.29, 0.717) is 19.5 Å². The zero-order valence-electron chi connectivity index (χ0n) is 16.0. The van der Waals surface area contributed by atoms with E-state index >= 15 is 0 Å². The first kappa shape index (κ1) is 18.6. The van der Waals surface area contributed by atoms with Crippen molar-refractivity contribution >= 4 is 29.0 Å². The van der Waals surface area contributed by atoms with E-state index in [9.17, 15) is 4.79 Å². The van der Waals surface area contributed by atoms with E-state index in [1.54, 1.807) is 11.8 Å². The van der Waals surface area contributed by atoms with Crippen LogP contribution in [0.5, 0.6) is 0 Å². The molecule has 144 valence electrons. The number of carbonyl (C=O) groups is 1. The third-order valence-electron chi connectivity index (χ3n) is 4.74. The second-order valence-corrected chi connectivity index (χ2v) is 8.01. The molecule has 6 heteroatoms. The highest BCUT2D eigenvalue weighted by atomic mass is 32.2. The number of aryl methyl sites for hydroxylation is 2. The molecule has 0 unspecified atom stereocenters. The first-order valence-corrected chi connectivity index (χ1v) is 10.4. The maximum Gasteiger partial charge on any atom is 0.221 e. The largest absolute Gasteiger partial charge is 0.356 e. The van der Waals surface area contributed by atoms with Crippen LogP contribution < -0.4 is 10.2 Å². The van der Waals surface area contributed by atoms with Crippen LogP contribution in [0.15, 0.2) is 70.7 Å². The number of hydrogen-bond acceptors (Lipinski definition) is 4. The molecule has 0 fully saturated rings. The predicted molar refractivity (Wildman–Crippen MR) is 113 cm³/mol. The van der Waals surface area contributed by atoms with Gasteiger partial charge in [0.2, 0.25) is 5.91 Å². The second-order valence-electron chi connectivity index (χ2n) is 6.92. The molecular formula is C22H24N4OS. The Bertz CT molecular complexity index is 923. The Kier molecular flexibility index (Phi) is 5.67. The Hall–Kier alpha value is -2.73. The first-order valence-electron chi connectivity index (χ1n) is 9.60. The number of fused-ring (bicyclic) bond motifs is 2. The molecule has 0 saturated carbocycles. The molecule has 0 atom stereocenters. The quantitative estimate of drug-likeness (QED) is 0.606. The number of carbonyl (C=O) groups excluding carboxylic acids is 1. The summed E-state index contributed by atoms with van der Waals surface area (Å²) >= 11 is 1.79. The van der Waals surface area contributed by atoms with Crippen LogP contribution in [-0.4, -0.2) is 28.8 Å². The number of rotatable bonds is 7. The van der Waals surface area contributed by atoms with Gasteiger partial charge in [0.05, 0.1) is 17.6 Å². The van der Waals surface area contributed by atoms with E-state index in [1.165, 1.54) is 21.2 Å². The third-order valence-corrected chi connectivity index (χ3v) is 5.87. The Morgan fingerprint density at radius 3 is 2.36 bits per heavy atom. The number of aromatic nitrogens is 2. The van der Waals surface area contributed by atoms with E-state index in [2.05, 4.69) is 63.8 Å². The van der Waals surface area contributed by atoms with Crippen molar-refractivity contribution in [3.63, 3.8) is 0 Å². The average Bonchev–Trinajstić information content (AvgIpc) is 3.13. The van der Waals surface area contributed by atoms with Gasteiger partial charge in [0.25, 0.3) is 0 Å². The van der Waals surface area contributed by atoms with Crippen LogP contribution in [0, 0.1) is 6.92 Å². The molecule has 2 heterocycles. The molecule has 1 aliphatic rings. The topological polar surface area (TPSA) is 50.2 Å². The highest BCUT2D eigenvalue weighted by Gasteiger charge is 2.22. The normalized spacial score (nSPS) is 12.4. The Labute approximate surface area is 169 Å². The van der Waals surface area contributed by atoms with E-state index in [-0.39, 0.29) is 5.91 Å². The summed E-state index contributed by atoms with van der Waals surface area (Å²) in [6.45, 7) is 4.18. The van der Waals surface area contributed by atoms with Gasteiger partial charge >= 0.3 is 0 Å². The standard InChI is InChI=1S/C22H24N4OS/c1-17-15-24-25(16-17)13-6-12-23-22(27)11-14-26-18-7-2-4-9-20(18)28-21-10-5-3-8-19(21)26/h2-5,7-10,15-16H,6,11-14H2,1H3,(H,23,27). The lowest BCUT2D eigenvalue weighted by molar-refractivity contribution is -0.120. The zero-order valence-corrected chi connectivity index (χ0v) is 16.8. The number of amides is 1. The summed E-state index contributed by atoms with van der Waals surface area (Å²) in [4.78, 5) is 17.1. The van der Waals surface area contributed by atoms with Crippen LogP contribution in [0.2, 0.25) is 0 Å². The van der Waals surface area contributed by atoms with Crippen LogP contribution in [0.4, 0.5) is 11.4 Å². The van der Waals surface area contributed by atoms with E-state index in [0.717, 1.165) is 18.5 Å². The van der Waals surface area contributed by atoms with Gasteiger partial charge in [-0.05, 0) is 43.2 Å². The molecule has 0 saturated heterocycles. The number of anilines is 2. The van der Waals surface area contributed by atoms with Gasteiger partial charge in [-0.3, -0.25) is 9.48 Å². The number of nitrogens with zero attached hydrogens (tertiary/aromatic N) is 3. The minimum absolute atomic E-state index is 0.0878. The third kappa shape index (κ3) is 4.22. The molecule has 2 aromatic carbocycles. The molecule has 0 radical (unpaired) electrons. The fourth-order valence-electron chi connectivity index (χ4n) is 3.38. The van der Waals surface area contributed by atoms with Crippen molar-refractivity contribution in [2.45, 2.75) is 36.1 Å². The molecule has 28 heavy (non-hydrogen) atoms. The van der Waals surface area contributed by atoms with E-state index in [1.807, 2.05) is 24.0 Å². The predicted octanol–water partition coefficient (Wildman–Crippen LogP) is 4.39. The molecule has 4 rings (SSSR count). The van der Waals surface area contributed by atoms with Crippen LogP contribution in [0.1, 0.15) is 18.4 Å². The van der Waals surface area contributed by atoms with Gasteiger partial charge in [0.1, 0.15) is 0 Å². The molecule has 1 aliphatic heterocycles. The minimum atomic E-state index is 0.0878. The summed E-state index contributed by atoms with van der Waals surface area (Å²) in [6, 6.07) is 16.8. The van der Waals surface area contributed by atoms with Crippen molar-refractivity contribution in [1.29, 1.82) is 0 Å². The Balaban J connectivity index is 1.32. The summed E-state index contributed by atoms with van der Waals surface area (Å²) < 4.78 is 1.92. The highest BCUT2D eigenvalue weighted by molar-refractivity contribution is 7.99. The zero-order chi connectivity index (χ0) is 19.3. The number of nitrogens with one attached hydrogen (secondary N) is 1. The summed E-state index contributed by atoms with van der Waals surface area (Å²) in [5.74, 6) is 0.0878. The molecule has 1 amide bonds. The molecule has 1 aromatic heterocycles. The van der Waals surface area contributed by atoms with Crippen LogP contribution in [0.25, 0.3) is 0 Å². The summed E-state index contributed by atoms with van der Waals surface area (Å²) in [5, 5.41) is 7.30. The monoisotopic (exact) mass is 392 g/mol. The SMILES string of the molecule is Cc1cnn(CCCNC(=O)CCN2c3ccccc3Sc3ccccc32)c1. The van der Waals surface area contributed by atoms with Gasteiger partial charge in [0, 0.05) is 42.0 Å². The highest BCUT2D eigenvalue weighted by Crippen LogP contribution is 2.47. The van der Waals surface area contributed by atoms with Gasteiger partial charge in [-0.15, -0.1) is 0 Å². The van der Waals surface area contributed by atoms with Crippen molar-refractivity contribution in [3.05, 3.63) is 66.5 Å². The first-order chi connectivity index (χ1) is 13.7. The van der Waals surface area contributed by atoms with Crippen LogP contribution >= 0.6 is 11.8 Å². The van der Waals surface area contributed by atoms with E-state index in [4.69, 9.17) is 0 Å². The van der Waals surface area contributed by atoms with Gasteiger partial charge in [-0.2, -0.15) is 5.10 Å². The fraction of sp³-hybridized carbons (Fsp3) is 0.273. The van der Waals surface area contributed by atoms with Crippen molar-refractivity contribution < 1.29 is 4.79 Å². The second kappa shape index (κ2) is 8.52. The molecule has 1 N–H and O–H groups in total. The maximum atomic E-state index is 12.4. The fourth-order valence-corrected chi connectivity index (χ4v) is 4.48. The van der Waals surface area contributed by atoms with Crippen molar-refractivity contribution in [3.8, 4) is 0 Å². The summed E-state index contributed by atoms with van der Waals surface area (Å²) in [7, 11) is 0. The number of hydrogen-bond donors (Lipinski definition) is 1. The molecule has 3 aromatic rings. The smallest absolute Gasteiger partial charge is 0.221 e. The van der Waals surface area contributed by atoms with Gasteiger partial charge in [0.15, 0.2) is 0 Å². The van der Waals surface area contributed by atoms with Crippen molar-refractivity contribution in [2.24, 2.45) is 0 Å². The number of benzene rings is 2. The van der Waals surface area contributed by atoms with Crippen LogP contribution in [0.3, 0.4) is 0 Å². The van der Waals surface area contributed by atoms with Crippen molar-refractivity contribution in [2.75, 3.05) is 18.0 Å². The number of para-hydroxylation sites is 2. The van der Waals surface area contributed by atoms with Gasteiger partial charge in [-0.1, -0.05) is 36.0 Å². The average molecular weight is 393 g/mol. The Morgan fingerprint density at radius 2 is 1.71 bits per heavy atom. The molecule has 5 nitrogen and oxygen atoms in total. The lowest BCUT2D eigenvalue weighted by Crippen LogP contribution is -2.30. The Morgan fingerprint density at radius 1 is 1.04 bits per heavy atom. The molecule has 0 bridgehead atoms. The van der Waals surface area contributed by atoms with Crippen LogP contribution in [-0.2, 0) is 11.3 Å². The minimum Gasteiger partial charge on any atom is -0.356 e. The van der Waals surface area contributed by atoms with Gasteiger partial charge < -0.3 is 10.2 Å². The van der Waals surface area contributed by atoms with E-state index < -0.39 is 0 Å². The lowest BCUT2D eigenvalue weighted by atomic mass is 10.2. The lowest BCUT2D eigenvalue weighted by Gasteiger charge is -2.32. The molecule has 0 aliphatic carbocycles. The summed E-state index contributed by atoms with van der Waals surface area (Å²) in [5.41, 5.74) is 3.50. The summed E-state index contributed by atoms with van der Waals surface area (Å²) in [6.07, 6.45) is 5.21. The molecular weight excluding hydrogens is 368 g/mol. The molecule has 0 spiro atoms. The van der Waals surface area contributed by atoms with Crippen molar-refractivity contribution in [1.82, 2.24) is 15.1 Å².